The highest BCUT2D eigenvalue weighted by molar-refractivity contribution is 5.73. The van der Waals surface area contributed by atoms with Gasteiger partial charge in [0, 0.05) is 15.2 Å². The maximum atomic E-state index is 11.5. The smallest absolute Gasteiger partial charge is 0.335 e. The van der Waals surface area contributed by atoms with Gasteiger partial charge in [0.2, 0.25) is 6.29 Å². The molecule has 3 aromatic rings. The first-order chi connectivity index (χ1) is 22.4. The van der Waals surface area contributed by atoms with Gasteiger partial charge in [0.25, 0.3) is 0 Å². The zero-order valence-corrected chi connectivity index (χ0v) is 23.6. The topological polar surface area (TPSA) is 129 Å². The molecule has 9 heteroatoms. The molecule has 4 N–H and O–H groups in total. The van der Waals surface area contributed by atoms with Crippen LogP contribution in [0.25, 0.3) is 0 Å². The lowest BCUT2D eigenvalue weighted by Gasteiger charge is -2.39. The number of ether oxygens (including phenoxy) is 3. The Balaban J connectivity index is 1.27. The van der Waals surface area contributed by atoms with Gasteiger partial charge in [-0.2, -0.15) is 0 Å². The van der Waals surface area contributed by atoms with Crippen molar-refractivity contribution in [3.63, 3.8) is 0 Å². The molecule has 7 atom stereocenters. The number of rotatable bonds is 9. The number of aliphatic hydroxyl groups is 3. The highest BCUT2D eigenvalue weighted by Gasteiger charge is 2.48. The van der Waals surface area contributed by atoms with Crippen LogP contribution in [0.3, 0.4) is 0 Å². The monoisotopic (exact) mass is 593 g/mol. The molecule has 5 unspecified atom stereocenters. The predicted molar refractivity (Wildman–Crippen MR) is 158 cm³/mol. The summed E-state index contributed by atoms with van der Waals surface area (Å²) >= 11 is 0. The summed E-state index contributed by atoms with van der Waals surface area (Å²) in [5.74, 6) is -0.974. The molecule has 0 aromatic heterocycles. The lowest BCUT2D eigenvalue weighted by atomic mass is 9.69. The fraction of sp³-hybridized carbons (Fsp3) is 0.441. The number of benzene rings is 3. The molecular formula is C34H39NO8. The molecule has 2 aliphatic heterocycles. The lowest BCUT2D eigenvalue weighted by Crippen LogP contribution is -2.61. The fourth-order valence-electron chi connectivity index (χ4n) is 6.34. The van der Waals surface area contributed by atoms with Crippen molar-refractivity contribution in [2.75, 3.05) is 26.1 Å². The van der Waals surface area contributed by atoms with E-state index in [1.54, 1.807) is 24.3 Å². The number of aliphatic hydroxyl groups excluding tert-OH is 3. The Morgan fingerprint density at radius 1 is 0.907 bits per heavy atom. The Bertz CT molecular complexity index is 1550. The van der Waals surface area contributed by atoms with Gasteiger partial charge in [0.1, 0.15) is 36.4 Å². The van der Waals surface area contributed by atoms with E-state index in [1.807, 2.05) is 36.4 Å². The molecule has 2 saturated heterocycles. The molecule has 9 nitrogen and oxygen atoms in total. The molecule has 43 heavy (non-hydrogen) atoms. The number of carbonyl (C=O) groups is 1. The Kier molecular flexibility index (Phi) is 7.55. The van der Waals surface area contributed by atoms with Crippen molar-refractivity contribution >= 4 is 5.97 Å². The molecule has 3 aliphatic rings. The summed E-state index contributed by atoms with van der Waals surface area (Å²) in [6, 6.07) is 22.6. The summed E-state index contributed by atoms with van der Waals surface area (Å²) in [7, 11) is 0. The lowest BCUT2D eigenvalue weighted by molar-refractivity contribution is -0.271. The van der Waals surface area contributed by atoms with E-state index >= 15 is 0 Å². The summed E-state index contributed by atoms with van der Waals surface area (Å²) in [6.45, 7) is -3.92. The van der Waals surface area contributed by atoms with Crippen molar-refractivity contribution in [3.8, 4) is 11.5 Å². The van der Waals surface area contributed by atoms with E-state index in [9.17, 15) is 25.2 Å². The van der Waals surface area contributed by atoms with Crippen molar-refractivity contribution in [2.45, 2.75) is 68.2 Å². The number of hydrogen-bond donors (Lipinski definition) is 4. The summed E-state index contributed by atoms with van der Waals surface area (Å²) in [6.07, 6.45) is -5.44. The number of aliphatic carboxylic acids is 1. The molecule has 3 aromatic carbocycles. The van der Waals surface area contributed by atoms with Crippen molar-refractivity contribution < 1.29 is 44.9 Å². The fourth-order valence-corrected chi connectivity index (χ4v) is 6.34. The average molecular weight is 594 g/mol. The molecule has 6 rings (SSSR count). The Morgan fingerprint density at radius 2 is 1.63 bits per heavy atom. The van der Waals surface area contributed by atoms with Crippen LogP contribution >= 0.6 is 0 Å². The van der Waals surface area contributed by atoms with Crippen molar-refractivity contribution in [3.05, 3.63) is 95.1 Å². The number of fused-ring (bicyclic) bond motifs is 1. The standard InChI is InChI=1S/C34H39NO8/c36-29-30(37)32(33(39)40)43-34(31(29)38)42-25-13-15-27-23(20-25)10-14-26(21-6-2-1-3-7-21)28(27)22-8-11-24(12-9-22)41-19-18-35-16-4-5-17-35/h1-3,6-9,11-13,15,20,26,28-32,34,36-38H,4-5,10,14,16-19H2,(H,39,40)/t26-,28+,29?,30?,31?,32?,34?/m0/s1/i18D2,19D2. The van der Waals surface area contributed by atoms with Gasteiger partial charge in [-0.25, -0.2) is 4.79 Å². The van der Waals surface area contributed by atoms with Crippen LogP contribution in [0.2, 0.25) is 0 Å². The van der Waals surface area contributed by atoms with E-state index in [2.05, 4.69) is 12.1 Å². The minimum absolute atomic E-state index is 0.106. The number of hydrogen-bond acceptors (Lipinski definition) is 8. The number of likely N-dealkylation sites (tertiary alicyclic amines) is 1. The van der Waals surface area contributed by atoms with Crippen LogP contribution in [-0.2, 0) is 16.0 Å². The number of aryl methyl sites for hydroxylation is 1. The molecule has 0 radical (unpaired) electrons. The summed E-state index contributed by atoms with van der Waals surface area (Å²) in [4.78, 5) is 13.0. The van der Waals surface area contributed by atoms with Crippen LogP contribution in [0.5, 0.6) is 11.5 Å². The molecule has 2 fully saturated rings. The van der Waals surface area contributed by atoms with E-state index < -0.39 is 49.7 Å². The summed E-state index contributed by atoms with van der Waals surface area (Å²) < 4.78 is 50.5. The van der Waals surface area contributed by atoms with Crippen molar-refractivity contribution in [1.29, 1.82) is 0 Å². The van der Waals surface area contributed by atoms with Crippen LogP contribution in [0, 0.1) is 0 Å². The van der Waals surface area contributed by atoms with E-state index in [-0.39, 0.29) is 17.6 Å². The van der Waals surface area contributed by atoms with Crippen LogP contribution < -0.4 is 9.47 Å². The molecule has 228 valence electrons. The first kappa shape index (κ1) is 24.9. The van der Waals surface area contributed by atoms with Gasteiger partial charge in [0.15, 0.2) is 6.10 Å². The first-order valence-corrected chi connectivity index (χ1v) is 14.7. The second-order valence-corrected chi connectivity index (χ2v) is 11.3. The Morgan fingerprint density at radius 3 is 2.35 bits per heavy atom. The minimum atomic E-state index is -2.58. The van der Waals surface area contributed by atoms with E-state index in [1.165, 1.54) is 4.90 Å². The van der Waals surface area contributed by atoms with Crippen molar-refractivity contribution in [2.24, 2.45) is 0 Å². The maximum absolute atomic E-state index is 11.5. The number of nitrogens with zero attached hydrogens (tertiary/aromatic N) is 1. The van der Waals surface area contributed by atoms with Crippen LogP contribution in [0.1, 0.15) is 58.8 Å². The number of carboxylic acids is 1. The SMILES string of the molecule is [2H]C([2H])(Oc1ccc([C@H]2c3ccc(OC4OC(C(=O)O)C(O)C(O)C4O)cc3CC[C@H]2c2ccccc2)cc1)C([2H])([2H])N1CCCC1. The van der Waals surface area contributed by atoms with E-state index in [0.29, 0.717) is 25.3 Å². The molecule has 0 spiro atoms. The van der Waals surface area contributed by atoms with Gasteiger partial charge in [-0.1, -0.05) is 48.5 Å². The Hall–Kier alpha value is -3.47. The molecule has 0 bridgehead atoms. The Labute approximate surface area is 256 Å². The summed E-state index contributed by atoms with van der Waals surface area (Å²) in [5.41, 5.74) is 4.10. The third-order valence-electron chi connectivity index (χ3n) is 8.59. The van der Waals surface area contributed by atoms with Gasteiger partial charge in [-0.15, -0.1) is 0 Å². The zero-order chi connectivity index (χ0) is 33.5. The third kappa shape index (κ3) is 6.41. The quantitative estimate of drug-likeness (QED) is 0.295. The van der Waals surface area contributed by atoms with Crippen LogP contribution in [0.15, 0.2) is 72.8 Å². The van der Waals surface area contributed by atoms with Gasteiger partial charge >= 0.3 is 5.97 Å². The second-order valence-electron chi connectivity index (χ2n) is 11.3. The molecular weight excluding hydrogens is 550 g/mol. The highest BCUT2D eigenvalue weighted by atomic mass is 16.7. The highest BCUT2D eigenvalue weighted by Crippen LogP contribution is 2.47. The van der Waals surface area contributed by atoms with Gasteiger partial charge in [-0.3, -0.25) is 4.90 Å². The van der Waals surface area contributed by atoms with Gasteiger partial charge in [0.05, 0.1) is 2.74 Å². The summed E-state index contributed by atoms with van der Waals surface area (Å²) in [5, 5.41) is 40.0. The predicted octanol–water partition coefficient (Wildman–Crippen LogP) is 3.29. The largest absolute Gasteiger partial charge is 0.492 e. The normalized spacial score (nSPS) is 31.2. The molecule has 0 amide bonds. The molecule has 2 heterocycles. The number of carboxylic acid groups (broad SMARTS) is 1. The van der Waals surface area contributed by atoms with Crippen LogP contribution in [-0.4, -0.2) is 88.1 Å². The van der Waals surface area contributed by atoms with E-state index in [4.69, 9.17) is 19.7 Å². The third-order valence-corrected chi connectivity index (χ3v) is 8.59. The maximum Gasteiger partial charge on any atom is 0.335 e. The van der Waals surface area contributed by atoms with E-state index in [0.717, 1.165) is 41.5 Å². The van der Waals surface area contributed by atoms with Crippen LogP contribution in [0.4, 0.5) is 0 Å². The molecule has 1 aliphatic carbocycles. The zero-order valence-electron chi connectivity index (χ0n) is 27.6. The first-order valence-electron chi connectivity index (χ1n) is 16.7. The second kappa shape index (κ2) is 13.0. The van der Waals surface area contributed by atoms with Gasteiger partial charge < -0.3 is 34.6 Å². The van der Waals surface area contributed by atoms with Crippen molar-refractivity contribution in [1.82, 2.24) is 4.90 Å². The average Bonchev–Trinajstić information content (AvgIpc) is 3.61. The minimum Gasteiger partial charge on any atom is -0.492 e. The molecule has 0 saturated carbocycles. The van der Waals surface area contributed by atoms with Gasteiger partial charge in [-0.05, 0) is 91.2 Å².